The first-order chi connectivity index (χ1) is 13.8. The first-order valence-corrected chi connectivity index (χ1v) is 11.3. The lowest BCUT2D eigenvalue weighted by Crippen LogP contribution is -2.49. The van der Waals surface area contributed by atoms with Crippen molar-refractivity contribution in [3.63, 3.8) is 0 Å². The third-order valence-electron chi connectivity index (χ3n) is 5.12. The minimum atomic E-state index is -3.84. The normalized spacial score (nSPS) is 14.2. The number of pyridine rings is 1. The molecular weight excluding hydrogens is 408 g/mol. The van der Waals surface area contributed by atoms with Crippen molar-refractivity contribution in [2.75, 3.05) is 6.26 Å². The average Bonchev–Trinajstić information content (AvgIpc) is 2.64. The number of aryl methyl sites for hydroxylation is 1. The van der Waals surface area contributed by atoms with Crippen molar-refractivity contribution in [3.8, 4) is 11.1 Å². The van der Waals surface area contributed by atoms with Crippen molar-refractivity contribution >= 4 is 15.7 Å². The van der Waals surface area contributed by atoms with Crippen LogP contribution < -0.4 is 11.0 Å². The second-order valence-corrected chi connectivity index (χ2v) is 10.8. The maximum Gasteiger partial charge on any atom is 0.264 e. The zero-order chi connectivity index (χ0) is 22.7. The van der Waals surface area contributed by atoms with Crippen molar-refractivity contribution in [1.29, 1.82) is 0 Å². The fourth-order valence-corrected chi connectivity index (χ4v) is 4.00. The SMILES string of the molecule is CC(C)(O)Cc1cccc(-c2ccn(CCC(C)(C(=O)NO)S(C)(=O)=O)c(=O)c2)c1. The molecule has 0 saturated heterocycles. The van der Waals surface area contributed by atoms with Crippen LogP contribution in [-0.4, -0.2) is 45.8 Å². The predicted octanol–water partition coefficient (Wildman–Crippen LogP) is 1.53. The van der Waals surface area contributed by atoms with Crippen molar-refractivity contribution in [2.24, 2.45) is 0 Å². The number of rotatable bonds is 8. The molecule has 0 aliphatic rings. The highest BCUT2D eigenvalue weighted by Crippen LogP contribution is 2.23. The number of carbonyl (C=O) groups is 1. The molecule has 3 N–H and O–H groups in total. The van der Waals surface area contributed by atoms with Crippen LogP contribution in [0.1, 0.15) is 32.8 Å². The molecule has 1 unspecified atom stereocenters. The van der Waals surface area contributed by atoms with E-state index in [0.29, 0.717) is 12.0 Å². The van der Waals surface area contributed by atoms with Gasteiger partial charge in [0.25, 0.3) is 11.5 Å². The second-order valence-electron chi connectivity index (χ2n) is 8.33. The number of nitrogens with zero attached hydrogens (tertiary/aromatic N) is 1. The molecular formula is C21H28N2O6S. The van der Waals surface area contributed by atoms with Gasteiger partial charge in [-0.3, -0.25) is 14.8 Å². The highest BCUT2D eigenvalue weighted by atomic mass is 32.2. The molecule has 0 fully saturated rings. The summed E-state index contributed by atoms with van der Waals surface area (Å²) in [6, 6.07) is 10.7. The molecule has 1 heterocycles. The lowest BCUT2D eigenvalue weighted by Gasteiger charge is -2.25. The maximum atomic E-state index is 12.6. The Morgan fingerprint density at radius 1 is 1.13 bits per heavy atom. The van der Waals surface area contributed by atoms with Crippen LogP contribution >= 0.6 is 0 Å². The van der Waals surface area contributed by atoms with Gasteiger partial charge in [-0.2, -0.15) is 0 Å². The van der Waals surface area contributed by atoms with Gasteiger partial charge in [-0.05, 0) is 49.9 Å². The summed E-state index contributed by atoms with van der Waals surface area (Å²) in [5, 5.41) is 18.9. The van der Waals surface area contributed by atoms with Gasteiger partial charge >= 0.3 is 0 Å². The van der Waals surface area contributed by atoms with Gasteiger partial charge < -0.3 is 9.67 Å². The number of hydroxylamine groups is 1. The van der Waals surface area contributed by atoms with Crippen molar-refractivity contribution in [3.05, 3.63) is 58.5 Å². The van der Waals surface area contributed by atoms with Crippen LogP contribution in [0.25, 0.3) is 11.1 Å². The van der Waals surface area contributed by atoms with Gasteiger partial charge in [-0.1, -0.05) is 24.3 Å². The number of nitrogens with one attached hydrogen (secondary N) is 1. The van der Waals surface area contributed by atoms with Gasteiger partial charge in [0.2, 0.25) is 0 Å². The highest BCUT2D eigenvalue weighted by molar-refractivity contribution is 7.92. The number of hydrogen-bond acceptors (Lipinski definition) is 6. The number of hydrogen-bond donors (Lipinski definition) is 3. The Kier molecular flexibility index (Phi) is 6.90. The zero-order valence-corrected chi connectivity index (χ0v) is 18.4. The van der Waals surface area contributed by atoms with E-state index < -0.39 is 26.1 Å². The lowest BCUT2D eigenvalue weighted by atomic mass is 9.96. The van der Waals surface area contributed by atoms with Crippen molar-refractivity contribution in [1.82, 2.24) is 10.0 Å². The third-order valence-corrected chi connectivity index (χ3v) is 7.15. The number of amides is 1. The number of carbonyl (C=O) groups excluding carboxylic acids is 1. The van der Waals surface area contributed by atoms with E-state index in [2.05, 4.69) is 0 Å². The molecule has 0 radical (unpaired) electrons. The van der Waals surface area contributed by atoms with E-state index in [4.69, 9.17) is 5.21 Å². The van der Waals surface area contributed by atoms with Gasteiger partial charge in [0.1, 0.15) is 0 Å². The first kappa shape index (κ1) is 23.8. The smallest absolute Gasteiger partial charge is 0.264 e. The molecule has 1 aromatic heterocycles. The molecule has 1 aromatic carbocycles. The van der Waals surface area contributed by atoms with Gasteiger partial charge in [-0.25, -0.2) is 13.9 Å². The monoisotopic (exact) mass is 436 g/mol. The molecule has 2 aromatic rings. The Hall–Kier alpha value is -2.49. The Morgan fingerprint density at radius 2 is 1.77 bits per heavy atom. The van der Waals surface area contributed by atoms with E-state index in [1.807, 2.05) is 24.3 Å². The zero-order valence-electron chi connectivity index (χ0n) is 17.5. The molecule has 2 rings (SSSR count). The summed E-state index contributed by atoms with van der Waals surface area (Å²) in [7, 11) is -3.84. The summed E-state index contributed by atoms with van der Waals surface area (Å²) in [6.45, 7) is 4.64. The van der Waals surface area contributed by atoms with E-state index in [0.717, 1.165) is 17.4 Å². The van der Waals surface area contributed by atoms with E-state index in [1.54, 1.807) is 26.1 Å². The Morgan fingerprint density at radius 3 is 2.30 bits per heavy atom. The Balaban J connectivity index is 2.27. The minimum Gasteiger partial charge on any atom is -0.390 e. The highest BCUT2D eigenvalue weighted by Gasteiger charge is 2.43. The minimum absolute atomic E-state index is 0.0190. The Bertz CT molecular complexity index is 1090. The second kappa shape index (κ2) is 8.71. The molecule has 164 valence electrons. The van der Waals surface area contributed by atoms with Gasteiger partial charge in [0.05, 0.1) is 5.60 Å². The standard InChI is InChI=1S/C21H28N2O6S/c1-20(2,26)14-15-6-5-7-16(12-15)17-8-10-23(18(24)13-17)11-9-21(3,19(25)22-27)30(4,28)29/h5-8,10,12-13,26-27H,9,11,14H2,1-4H3,(H,22,25). The van der Waals surface area contributed by atoms with Gasteiger partial charge in [-0.15, -0.1) is 0 Å². The molecule has 1 atom stereocenters. The number of aliphatic hydroxyl groups is 1. The fourth-order valence-electron chi connectivity index (χ4n) is 3.15. The van der Waals surface area contributed by atoms with E-state index in [-0.39, 0.29) is 18.5 Å². The summed E-state index contributed by atoms with van der Waals surface area (Å²) < 4.78 is 23.6. The van der Waals surface area contributed by atoms with Crippen LogP contribution in [0.2, 0.25) is 0 Å². The molecule has 30 heavy (non-hydrogen) atoms. The van der Waals surface area contributed by atoms with E-state index >= 15 is 0 Å². The summed E-state index contributed by atoms with van der Waals surface area (Å²) in [5.74, 6) is -1.04. The van der Waals surface area contributed by atoms with Crippen molar-refractivity contribution < 1.29 is 23.5 Å². The predicted molar refractivity (Wildman–Crippen MR) is 114 cm³/mol. The van der Waals surface area contributed by atoms with Gasteiger partial charge in [0.15, 0.2) is 14.6 Å². The summed E-state index contributed by atoms with van der Waals surface area (Å²) in [5.41, 5.74) is 2.64. The van der Waals surface area contributed by atoms with Crippen LogP contribution in [0.15, 0.2) is 47.4 Å². The fraction of sp³-hybridized carbons (Fsp3) is 0.429. The molecule has 1 amide bonds. The summed E-state index contributed by atoms with van der Waals surface area (Å²) in [6.07, 6.45) is 2.74. The Labute approximate surface area is 176 Å². The van der Waals surface area contributed by atoms with E-state index in [9.17, 15) is 23.1 Å². The summed E-state index contributed by atoms with van der Waals surface area (Å²) in [4.78, 5) is 24.5. The molecule has 0 spiro atoms. The van der Waals surface area contributed by atoms with Crippen molar-refractivity contribution in [2.45, 2.75) is 50.5 Å². The third kappa shape index (κ3) is 5.56. The molecule has 8 nitrogen and oxygen atoms in total. The van der Waals surface area contributed by atoms with E-state index in [1.165, 1.54) is 23.0 Å². The van der Waals surface area contributed by atoms with Gasteiger partial charge in [0, 0.05) is 31.5 Å². The molecule has 0 aliphatic heterocycles. The van der Waals surface area contributed by atoms with Crippen LogP contribution in [-0.2, 0) is 27.6 Å². The first-order valence-electron chi connectivity index (χ1n) is 9.43. The summed E-state index contributed by atoms with van der Waals surface area (Å²) >= 11 is 0. The molecule has 0 saturated carbocycles. The van der Waals surface area contributed by atoms with Crippen LogP contribution in [0.5, 0.6) is 0 Å². The topological polar surface area (TPSA) is 126 Å². The lowest BCUT2D eigenvalue weighted by molar-refractivity contribution is -0.131. The number of aromatic nitrogens is 1. The molecule has 9 heteroatoms. The molecule has 0 bridgehead atoms. The number of sulfone groups is 1. The quantitative estimate of drug-likeness (QED) is 0.426. The molecule has 0 aliphatic carbocycles. The van der Waals surface area contributed by atoms with Crippen LogP contribution in [0, 0.1) is 0 Å². The average molecular weight is 437 g/mol. The largest absolute Gasteiger partial charge is 0.390 e. The van der Waals surface area contributed by atoms with Crippen LogP contribution in [0.3, 0.4) is 0 Å². The van der Waals surface area contributed by atoms with Crippen LogP contribution in [0.4, 0.5) is 0 Å². The number of benzene rings is 1. The maximum absolute atomic E-state index is 12.6.